The molecule has 0 saturated heterocycles. The molecule has 188 valence electrons. The van der Waals surface area contributed by atoms with Crippen LogP contribution in [0.1, 0.15) is 26.4 Å². The number of fused-ring (bicyclic) bond motifs is 1. The second-order valence-corrected chi connectivity index (χ2v) is 7.74. The van der Waals surface area contributed by atoms with Crippen LogP contribution >= 0.6 is 0 Å². The number of aliphatic hydroxyl groups is 2. The molecule has 0 bridgehead atoms. The Labute approximate surface area is 202 Å². The molecule has 1 unspecified atom stereocenters. The predicted molar refractivity (Wildman–Crippen MR) is 121 cm³/mol. The number of amides is 2. The Morgan fingerprint density at radius 3 is 2.64 bits per heavy atom. The number of ether oxygens (including phenoxy) is 2. The number of nitrogens with zero attached hydrogens (tertiary/aromatic N) is 2. The number of hydrogen-bond acceptors (Lipinski definition) is 7. The van der Waals surface area contributed by atoms with Gasteiger partial charge in [0.1, 0.15) is 24.2 Å². The van der Waals surface area contributed by atoms with Crippen LogP contribution in [0.2, 0.25) is 0 Å². The van der Waals surface area contributed by atoms with Crippen molar-refractivity contribution in [1.82, 2.24) is 4.98 Å². The van der Waals surface area contributed by atoms with Gasteiger partial charge < -0.3 is 29.9 Å². The lowest BCUT2D eigenvalue weighted by molar-refractivity contribution is -0.274. The highest BCUT2D eigenvalue weighted by Gasteiger charge is 2.34. The van der Waals surface area contributed by atoms with Crippen molar-refractivity contribution in [2.24, 2.45) is 0 Å². The number of benzene rings is 2. The average Bonchev–Trinajstić information content (AvgIpc) is 3.19. The Kier molecular flexibility index (Phi) is 7.08. The van der Waals surface area contributed by atoms with Gasteiger partial charge in [0.2, 0.25) is 5.88 Å². The number of carbonyl (C=O) groups excluding carboxylic acids is 2. The molecule has 2 heterocycles. The maximum absolute atomic E-state index is 13.2. The molecule has 0 aliphatic carbocycles. The van der Waals surface area contributed by atoms with Gasteiger partial charge in [-0.1, -0.05) is 24.3 Å². The van der Waals surface area contributed by atoms with E-state index in [4.69, 9.17) is 9.84 Å². The number of nitrogens with one attached hydrogen (secondary N) is 1. The molecule has 1 atom stereocenters. The summed E-state index contributed by atoms with van der Waals surface area (Å²) >= 11 is 0. The van der Waals surface area contributed by atoms with Crippen molar-refractivity contribution >= 4 is 23.2 Å². The molecule has 1 aliphatic heterocycles. The zero-order valence-corrected chi connectivity index (χ0v) is 18.5. The summed E-state index contributed by atoms with van der Waals surface area (Å²) in [5.41, 5.74) is 1.15. The molecule has 0 spiro atoms. The number of halogens is 3. The van der Waals surface area contributed by atoms with Gasteiger partial charge in [-0.2, -0.15) is 0 Å². The van der Waals surface area contributed by atoms with E-state index in [-0.39, 0.29) is 41.7 Å². The summed E-state index contributed by atoms with van der Waals surface area (Å²) in [6.45, 7) is -0.633. The van der Waals surface area contributed by atoms with Crippen LogP contribution in [-0.4, -0.2) is 52.7 Å². The van der Waals surface area contributed by atoms with Crippen molar-refractivity contribution in [1.29, 1.82) is 0 Å². The van der Waals surface area contributed by atoms with Crippen LogP contribution in [0.25, 0.3) is 0 Å². The van der Waals surface area contributed by atoms with Crippen LogP contribution in [-0.2, 0) is 6.54 Å². The number of anilines is 2. The van der Waals surface area contributed by atoms with E-state index in [0.29, 0.717) is 5.56 Å². The zero-order valence-electron chi connectivity index (χ0n) is 18.5. The van der Waals surface area contributed by atoms with Gasteiger partial charge in [0, 0.05) is 17.8 Å². The fourth-order valence-corrected chi connectivity index (χ4v) is 3.57. The van der Waals surface area contributed by atoms with E-state index in [1.165, 1.54) is 41.3 Å². The third-order valence-corrected chi connectivity index (χ3v) is 5.14. The van der Waals surface area contributed by atoms with Gasteiger partial charge in [-0.15, -0.1) is 13.2 Å². The molecule has 1 aromatic heterocycles. The van der Waals surface area contributed by atoms with E-state index in [1.807, 2.05) is 0 Å². The first kappa shape index (κ1) is 24.9. The van der Waals surface area contributed by atoms with E-state index >= 15 is 0 Å². The van der Waals surface area contributed by atoms with Gasteiger partial charge in [0.05, 0.1) is 24.4 Å². The minimum Gasteiger partial charge on any atom is -0.475 e. The number of carbonyl (C=O) groups is 2. The molecule has 36 heavy (non-hydrogen) atoms. The van der Waals surface area contributed by atoms with Gasteiger partial charge in [0.15, 0.2) is 0 Å². The number of pyridine rings is 1. The Hall–Kier alpha value is -4.16. The molecule has 1 aliphatic rings. The molecule has 0 fully saturated rings. The quantitative estimate of drug-likeness (QED) is 0.432. The summed E-state index contributed by atoms with van der Waals surface area (Å²) in [6.07, 6.45) is -5.98. The number of alkyl halides is 3. The molecule has 0 radical (unpaired) electrons. The molecule has 3 aromatic rings. The lowest BCUT2D eigenvalue weighted by Crippen LogP contribution is -2.24. The first-order valence-electron chi connectivity index (χ1n) is 10.6. The van der Waals surface area contributed by atoms with E-state index in [9.17, 15) is 27.9 Å². The number of aliphatic hydroxyl groups excluding tert-OH is 2. The highest BCUT2D eigenvalue weighted by molar-refractivity contribution is 6.16. The summed E-state index contributed by atoms with van der Waals surface area (Å²) < 4.78 is 47.0. The standard InChI is InChI=1S/C24H20F3N3O6/c25-24(26,27)36-17-6-2-5-15(10-17)30-11-14-4-1-7-18(21(14)23(30)34)29-22(33)19-8-3-9-20(28-19)35-13-16(32)12-31/h1-10,16,31-32H,11-13H2,(H,29,33). The first-order chi connectivity index (χ1) is 17.1. The Morgan fingerprint density at radius 2 is 1.89 bits per heavy atom. The molecule has 9 nitrogen and oxygen atoms in total. The van der Waals surface area contributed by atoms with Gasteiger partial charge in [-0.3, -0.25) is 9.59 Å². The highest BCUT2D eigenvalue weighted by Crippen LogP contribution is 2.35. The van der Waals surface area contributed by atoms with Crippen molar-refractivity contribution in [2.45, 2.75) is 19.0 Å². The fraction of sp³-hybridized carbons (Fsp3) is 0.208. The SMILES string of the molecule is O=C(Nc1cccc2c1C(=O)N(c1cccc(OC(F)(F)F)c1)C2)c1cccc(OCC(O)CO)n1. The average molecular weight is 503 g/mol. The maximum Gasteiger partial charge on any atom is 0.573 e. The van der Waals surface area contributed by atoms with Crippen molar-refractivity contribution in [3.63, 3.8) is 0 Å². The maximum atomic E-state index is 13.2. The Morgan fingerprint density at radius 1 is 1.14 bits per heavy atom. The smallest absolute Gasteiger partial charge is 0.475 e. The number of aromatic nitrogens is 1. The van der Waals surface area contributed by atoms with E-state index in [1.54, 1.807) is 12.1 Å². The summed E-state index contributed by atoms with van der Waals surface area (Å²) in [7, 11) is 0. The third-order valence-electron chi connectivity index (χ3n) is 5.14. The number of rotatable bonds is 8. The normalized spacial score (nSPS) is 13.8. The molecule has 4 rings (SSSR count). The summed E-state index contributed by atoms with van der Waals surface area (Å²) in [4.78, 5) is 31.4. The van der Waals surface area contributed by atoms with Crippen LogP contribution in [0.3, 0.4) is 0 Å². The fourth-order valence-electron chi connectivity index (χ4n) is 3.57. The minimum atomic E-state index is -4.87. The van der Waals surface area contributed by atoms with E-state index < -0.39 is 36.6 Å². The Balaban J connectivity index is 1.52. The molecule has 2 aromatic carbocycles. The van der Waals surface area contributed by atoms with Gasteiger partial charge in [-0.25, -0.2) is 4.98 Å². The summed E-state index contributed by atoms with van der Waals surface area (Å²) in [6, 6.07) is 14.3. The molecular formula is C24H20F3N3O6. The van der Waals surface area contributed by atoms with Crippen LogP contribution < -0.4 is 19.7 Å². The van der Waals surface area contributed by atoms with Crippen LogP contribution in [0.4, 0.5) is 24.5 Å². The van der Waals surface area contributed by atoms with Crippen LogP contribution in [0.15, 0.2) is 60.7 Å². The second-order valence-electron chi connectivity index (χ2n) is 7.74. The topological polar surface area (TPSA) is 121 Å². The molecular weight excluding hydrogens is 483 g/mol. The lowest BCUT2D eigenvalue weighted by atomic mass is 10.1. The molecule has 3 N–H and O–H groups in total. The molecule has 0 saturated carbocycles. The largest absolute Gasteiger partial charge is 0.573 e. The van der Waals surface area contributed by atoms with E-state index in [2.05, 4.69) is 15.0 Å². The van der Waals surface area contributed by atoms with Crippen LogP contribution in [0, 0.1) is 0 Å². The first-order valence-corrected chi connectivity index (χ1v) is 10.6. The van der Waals surface area contributed by atoms with Crippen molar-refractivity contribution in [3.8, 4) is 11.6 Å². The van der Waals surface area contributed by atoms with E-state index in [0.717, 1.165) is 12.1 Å². The summed E-state index contributed by atoms with van der Waals surface area (Å²) in [5.74, 6) is -1.55. The molecule has 12 heteroatoms. The van der Waals surface area contributed by atoms with Crippen molar-refractivity contribution in [3.05, 3.63) is 77.5 Å². The van der Waals surface area contributed by atoms with Gasteiger partial charge in [-0.05, 0) is 29.8 Å². The van der Waals surface area contributed by atoms with Gasteiger partial charge >= 0.3 is 6.36 Å². The number of hydrogen-bond donors (Lipinski definition) is 3. The highest BCUT2D eigenvalue weighted by atomic mass is 19.4. The van der Waals surface area contributed by atoms with Crippen molar-refractivity contribution < 1.29 is 42.4 Å². The summed E-state index contributed by atoms with van der Waals surface area (Å²) in [5, 5.41) is 20.9. The van der Waals surface area contributed by atoms with Crippen LogP contribution in [0.5, 0.6) is 11.6 Å². The Bertz CT molecular complexity index is 1280. The van der Waals surface area contributed by atoms with Crippen molar-refractivity contribution in [2.75, 3.05) is 23.4 Å². The minimum absolute atomic E-state index is 0.0251. The second kappa shape index (κ2) is 10.2. The van der Waals surface area contributed by atoms with Gasteiger partial charge in [0.25, 0.3) is 11.8 Å². The zero-order chi connectivity index (χ0) is 25.9. The lowest BCUT2D eigenvalue weighted by Gasteiger charge is -2.17. The molecule has 2 amide bonds. The predicted octanol–water partition coefficient (Wildman–Crippen LogP) is 3.12. The monoisotopic (exact) mass is 503 g/mol. The third kappa shape index (κ3) is 5.73.